The highest BCUT2D eigenvalue weighted by Crippen LogP contribution is 2.31. The second-order valence-electron chi connectivity index (χ2n) is 5.16. The number of hydrogen-bond donors (Lipinski definition) is 2. The number of nitrogens with one attached hydrogen (secondary N) is 1. The van der Waals surface area contributed by atoms with Crippen LogP contribution in [0.3, 0.4) is 0 Å². The first kappa shape index (κ1) is 16.4. The van der Waals surface area contributed by atoms with Gasteiger partial charge in [0.2, 0.25) is 0 Å². The number of aliphatic carboxylic acids is 1. The molecule has 1 aliphatic rings. The molecular formula is C15H19ClN2O4. The van der Waals surface area contributed by atoms with Gasteiger partial charge in [-0.2, -0.15) is 0 Å². The maximum atomic E-state index is 12.1. The number of nitrogens with zero attached hydrogens (tertiary/aromatic N) is 1. The van der Waals surface area contributed by atoms with Crippen LogP contribution < -0.4 is 10.1 Å². The Kier molecular flexibility index (Phi) is 5.49. The van der Waals surface area contributed by atoms with Gasteiger partial charge in [-0.05, 0) is 36.1 Å². The third-order valence-electron chi connectivity index (χ3n) is 3.62. The summed E-state index contributed by atoms with van der Waals surface area (Å²) in [7, 11) is 1.58. The van der Waals surface area contributed by atoms with Crippen molar-refractivity contribution in [3.63, 3.8) is 0 Å². The monoisotopic (exact) mass is 326 g/mol. The number of amides is 2. The molecule has 0 aliphatic carbocycles. The zero-order chi connectivity index (χ0) is 16.1. The van der Waals surface area contributed by atoms with Gasteiger partial charge < -0.3 is 20.1 Å². The molecule has 0 atom stereocenters. The molecule has 0 spiro atoms. The minimum atomic E-state index is -0.857. The van der Waals surface area contributed by atoms with E-state index in [4.69, 9.17) is 21.4 Å². The molecule has 1 aromatic rings. The lowest BCUT2D eigenvalue weighted by atomic mass is 9.99. The van der Waals surface area contributed by atoms with Gasteiger partial charge >= 0.3 is 12.0 Å². The lowest BCUT2D eigenvalue weighted by Gasteiger charge is -2.29. The number of methoxy groups -OCH3 is 1. The number of ether oxygens (including phenoxy) is 1. The molecule has 0 fully saturated rings. The summed E-state index contributed by atoms with van der Waals surface area (Å²) in [4.78, 5) is 24.2. The van der Waals surface area contributed by atoms with E-state index in [0.717, 1.165) is 17.5 Å². The molecule has 120 valence electrons. The highest BCUT2D eigenvalue weighted by Gasteiger charge is 2.22. The molecule has 1 aliphatic heterocycles. The topological polar surface area (TPSA) is 78.9 Å². The molecule has 1 aromatic carbocycles. The fraction of sp³-hybridized carbons (Fsp3) is 0.467. The van der Waals surface area contributed by atoms with Crippen LogP contribution in [0.15, 0.2) is 12.1 Å². The molecule has 2 amide bonds. The fourth-order valence-corrected chi connectivity index (χ4v) is 2.70. The van der Waals surface area contributed by atoms with Crippen LogP contribution in [0.2, 0.25) is 5.02 Å². The SMILES string of the molecule is COc1cc2c(cc1Cl)CN(C(=O)NCCCC(=O)O)CC2. The van der Waals surface area contributed by atoms with E-state index >= 15 is 0 Å². The molecule has 0 aromatic heterocycles. The normalized spacial score (nSPS) is 13.5. The molecule has 2 N–H and O–H groups in total. The Morgan fingerprint density at radius 1 is 1.41 bits per heavy atom. The van der Waals surface area contributed by atoms with Crippen molar-refractivity contribution in [2.24, 2.45) is 0 Å². The van der Waals surface area contributed by atoms with Gasteiger partial charge in [-0.3, -0.25) is 4.79 Å². The Bertz CT molecular complexity index is 577. The molecular weight excluding hydrogens is 308 g/mol. The number of carboxylic acids is 1. The lowest BCUT2D eigenvalue weighted by molar-refractivity contribution is -0.137. The number of carboxylic acid groups (broad SMARTS) is 1. The van der Waals surface area contributed by atoms with Gasteiger partial charge in [-0.25, -0.2) is 4.79 Å². The number of benzene rings is 1. The Morgan fingerprint density at radius 3 is 2.86 bits per heavy atom. The highest BCUT2D eigenvalue weighted by molar-refractivity contribution is 6.32. The standard InChI is InChI=1S/C15H19ClN2O4/c1-22-13-8-10-4-6-18(9-11(10)7-12(13)16)15(21)17-5-2-3-14(19)20/h7-8H,2-6,9H2,1H3,(H,17,21)(H,19,20). The Labute approximate surface area is 134 Å². The van der Waals surface area contributed by atoms with Crippen LogP contribution in [0.25, 0.3) is 0 Å². The van der Waals surface area contributed by atoms with Crippen molar-refractivity contribution in [3.8, 4) is 5.75 Å². The van der Waals surface area contributed by atoms with Crippen LogP contribution in [-0.2, 0) is 17.8 Å². The Hall–Kier alpha value is -1.95. The minimum absolute atomic E-state index is 0.0541. The number of carbonyl (C=O) groups excluding carboxylic acids is 1. The van der Waals surface area contributed by atoms with E-state index in [2.05, 4.69) is 5.32 Å². The zero-order valence-corrected chi connectivity index (χ0v) is 13.2. The van der Waals surface area contributed by atoms with E-state index in [-0.39, 0.29) is 12.5 Å². The Balaban J connectivity index is 1.92. The van der Waals surface area contributed by atoms with Crippen LogP contribution in [0, 0.1) is 0 Å². The molecule has 0 radical (unpaired) electrons. The van der Waals surface area contributed by atoms with Gasteiger partial charge in [0.1, 0.15) is 5.75 Å². The highest BCUT2D eigenvalue weighted by atomic mass is 35.5. The van der Waals surface area contributed by atoms with Gasteiger partial charge in [0.05, 0.1) is 12.1 Å². The van der Waals surface area contributed by atoms with E-state index < -0.39 is 5.97 Å². The second kappa shape index (κ2) is 7.35. The van der Waals surface area contributed by atoms with Crippen molar-refractivity contribution >= 4 is 23.6 Å². The maximum Gasteiger partial charge on any atom is 0.317 e. The third kappa shape index (κ3) is 4.04. The predicted octanol–water partition coefficient (Wildman–Crippen LogP) is 2.28. The molecule has 7 heteroatoms. The number of fused-ring (bicyclic) bond motifs is 1. The van der Waals surface area contributed by atoms with E-state index in [9.17, 15) is 9.59 Å². The Morgan fingerprint density at radius 2 is 2.18 bits per heavy atom. The summed E-state index contributed by atoms with van der Waals surface area (Å²) in [5.74, 6) is -0.211. The van der Waals surface area contributed by atoms with Crippen molar-refractivity contribution in [2.75, 3.05) is 20.2 Å². The first-order valence-corrected chi connectivity index (χ1v) is 7.49. The van der Waals surface area contributed by atoms with Gasteiger partial charge in [-0.1, -0.05) is 11.6 Å². The van der Waals surface area contributed by atoms with Gasteiger partial charge in [0.25, 0.3) is 0 Å². The molecule has 22 heavy (non-hydrogen) atoms. The van der Waals surface area contributed by atoms with Gasteiger partial charge in [-0.15, -0.1) is 0 Å². The van der Waals surface area contributed by atoms with Crippen molar-refractivity contribution in [3.05, 3.63) is 28.3 Å². The van der Waals surface area contributed by atoms with Crippen molar-refractivity contribution in [1.29, 1.82) is 0 Å². The van der Waals surface area contributed by atoms with Crippen LogP contribution in [-0.4, -0.2) is 42.2 Å². The average Bonchev–Trinajstić information content (AvgIpc) is 2.49. The van der Waals surface area contributed by atoms with E-state index in [1.54, 1.807) is 12.0 Å². The summed E-state index contributed by atoms with van der Waals surface area (Å²) < 4.78 is 5.20. The number of hydrogen-bond acceptors (Lipinski definition) is 3. The smallest absolute Gasteiger partial charge is 0.317 e. The second-order valence-corrected chi connectivity index (χ2v) is 5.56. The first-order valence-electron chi connectivity index (χ1n) is 7.11. The third-order valence-corrected chi connectivity index (χ3v) is 3.91. The van der Waals surface area contributed by atoms with Crippen LogP contribution in [0.5, 0.6) is 5.75 Å². The van der Waals surface area contributed by atoms with E-state index in [0.29, 0.717) is 36.8 Å². The van der Waals surface area contributed by atoms with E-state index in [1.807, 2.05) is 12.1 Å². The number of urea groups is 1. The van der Waals surface area contributed by atoms with Gasteiger partial charge in [0.15, 0.2) is 0 Å². The largest absolute Gasteiger partial charge is 0.495 e. The van der Waals surface area contributed by atoms with E-state index in [1.165, 1.54) is 0 Å². The molecule has 6 nitrogen and oxygen atoms in total. The number of halogens is 1. The van der Waals surface area contributed by atoms with Crippen LogP contribution in [0.4, 0.5) is 4.79 Å². The first-order chi connectivity index (χ1) is 10.5. The summed E-state index contributed by atoms with van der Waals surface area (Å²) in [5, 5.41) is 11.8. The summed E-state index contributed by atoms with van der Waals surface area (Å²) in [5.41, 5.74) is 2.15. The number of carbonyl (C=O) groups is 2. The molecule has 0 saturated carbocycles. The fourth-order valence-electron chi connectivity index (χ4n) is 2.43. The molecule has 0 unspecified atom stereocenters. The maximum absolute atomic E-state index is 12.1. The molecule has 0 bridgehead atoms. The zero-order valence-electron chi connectivity index (χ0n) is 12.4. The van der Waals surface area contributed by atoms with Crippen molar-refractivity contribution in [1.82, 2.24) is 10.2 Å². The van der Waals surface area contributed by atoms with Crippen LogP contribution >= 0.6 is 11.6 Å². The molecule has 1 heterocycles. The van der Waals surface area contributed by atoms with Gasteiger partial charge in [0, 0.05) is 26.1 Å². The summed E-state index contributed by atoms with van der Waals surface area (Å²) in [6, 6.07) is 3.57. The summed E-state index contributed by atoms with van der Waals surface area (Å²) in [6.45, 7) is 1.46. The lowest BCUT2D eigenvalue weighted by Crippen LogP contribution is -2.43. The van der Waals surface area contributed by atoms with Crippen molar-refractivity contribution in [2.45, 2.75) is 25.8 Å². The summed E-state index contributed by atoms with van der Waals surface area (Å²) >= 11 is 6.12. The van der Waals surface area contributed by atoms with Crippen molar-refractivity contribution < 1.29 is 19.4 Å². The van der Waals surface area contributed by atoms with Crippen LogP contribution in [0.1, 0.15) is 24.0 Å². The predicted molar refractivity (Wildman–Crippen MR) is 82.4 cm³/mol. The number of rotatable bonds is 5. The minimum Gasteiger partial charge on any atom is -0.495 e. The average molecular weight is 327 g/mol. The molecule has 0 saturated heterocycles. The quantitative estimate of drug-likeness (QED) is 0.814. The molecule has 2 rings (SSSR count). The summed E-state index contributed by atoms with van der Waals surface area (Å²) in [6.07, 6.45) is 1.22.